The maximum atomic E-state index is 13.0. The molecule has 0 bridgehead atoms. The van der Waals surface area contributed by atoms with E-state index < -0.39 is 9.84 Å². The lowest BCUT2D eigenvalue weighted by Gasteiger charge is -2.10. The zero-order chi connectivity index (χ0) is 22.6. The topological polar surface area (TPSA) is 91.0 Å². The van der Waals surface area contributed by atoms with Crippen molar-refractivity contribution in [3.05, 3.63) is 97.1 Å². The predicted molar refractivity (Wildman–Crippen MR) is 125 cm³/mol. The summed E-state index contributed by atoms with van der Waals surface area (Å²) in [6.45, 7) is 3.49. The van der Waals surface area contributed by atoms with Gasteiger partial charge in [0.05, 0.1) is 15.5 Å². The Balaban J connectivity index is 1.49. The van der Waals surface area contributed by atoms with Gasteiger partial charge in [-0.2, -0.15) is 0 Å². The van der Waals surface area contributed by atoms with Crippen molar-refractivity contribution in [2.45, 2.75) is 9.79 Å². The Kier molecular flexibility index (Phi) is 5.91. The molecule has 32 heavy (non-hydrogen) atoms. The maximum absolute atomic E-state index is 13.0. The molecule has 0 heterocycles. The minimum absolute atomic E-state index is 0.163. The highest BCUT2D eigenvalue weighted by molar-refractivity contribution is 7.91. The van der Waals surface area contributed by atoms with Gasteiger partial charge in [-0.15, -0.1) is 0 Å². The summed E-state index contributed by atoms with van der Waals surface area (Å²) >= 11 is 0. The third-order valence-corrected chi connectivity index (χ3v) is 6.38. The Hall–Kier alpha value is -4.10. The second-order valence-corrected chi connectivity index (χ2v) is 8.83. The largest absolute Gasteiger partial charge is 0.457 e. The van der Waals surface area contributed by atoms with Crippen LogP contribution in [0.25, 0.3) is 0 Å². The molecule has 4 rings (SSSR count). The second kappa shape index (κ2) is 8.95. The molecule has 0 amide bonds. The van der Waals surface area contributed by atoms with Crippen molar-refractivity contribution in [3.63, 3.8) is 0 Å². The number of sulfone groups is 1. The highest BCUT2D eigenvalue weighted by Gasteiger charge is 2.18. The smallest absolute Gasteiger partial charge is 0.206 e. The summed E-state index contributed by atoms with van der Waals surface area (Å²) < 4.78 is 37.5. The normalized spacial score (nSPS) is 11.0. The van der Waals surface area contributed by atoms with Gasteiger partial charge in [0.2, 0.25) is 9.84 Å². The van der Waals surface area contributed by atoms with Crippen molar-refractivity contribution in [3.8, 4) is 23.0 Å². The molecule has 4 aromatic rings. The molecule has 0 unspecified atom stereocenters. The average Bonchev–Trinajstić information content (AvgIpc) is 2.80. The van der Waals surface area contributed by atoms with Crippen LogP contribution in [0.3, 0.4) is 0 Å². The fraction of sp³-hybridized carbons (Fsp3) is 0. The molecule has 0 saturated heterocycles. The number of hydrogen-bond donors (Lipinski definition) is 1. The summed E-state index contributed by atoms with van der Waals surface area (Å²) in [6, 6.07) is 26.6. The molecule has 160 valence electrons. The highest BCUT2D eigenvalue weighted by Crippen LogP contribution is 2.29. The summed E-state index contributed by atoms with van der Waals surface area (Å²) in [5, 5.41) is 0. The van der Waals surface area contributed by atoms with Crippen molar-refractivity contribution in [1.29, 1.82) is 0 Å². The van der Waals surface area contributed by atoms with Gasteiger partial charge < -0.3 is 15.2 Å². The third kappa shape index (κ3) is 4.79. The van der Waals surface area contributed by atoms with E-state index in [-0.39, 0.29) is 9.79 Å². The number of hydrogen-bond acceptors (Lipinski definition) is 6. The number of aliphatic imine (C=N–C) groups is 1. The molecular formula is C25H20N2O4S. The van der Waals surface area contributed by atoms with Gasteiger partial charge in [0.25, 0.3) is 0 Å². The first-order valence-electron chi connectivity index (χ1n) is 9.67. The molecule has 0 aliphatic carbocycles. The number of benzene rings is 4. The van der Waals surface area contributed by atoms with Crippen LogP contribution in [0.15, 0.2) is 112 Å². The Morgan fingerprint density at radius 3 is 1.66 bits per heavy atom. The number of rotatable bonds is 7. The molecule has 0 fully saturated rings. The summed E-state index contributed by atoms with van der Waals surface area (Å²) in [7, 11) is -3.69. The van der Waals surface area contributed by atoms with E-state index in [0.717, 1.165) is 0 Å². The first-order valence-corrected chi connectivity index (χ1v) is 11.2. The quantitative estimate of drug-likeness (QED) is 0.278. The Morgan fingerprint density at radius 2 is 1.16 bits per heavy atom. The SMILES string of the molecule is C=Nc1cccc(Oc2ccc(S(=O)(=O)c3ccc(Oc4cccc(N)c4)cc3)cc2)c1. The molecule has 7 heteroatoms. The van der Waals surface area contributed by atoms with Crippen LogP contribution in [0.5, 0.6) is 23.0 Å². The zero-order valence-corrected chi connectivity index (χ0v) is 17.8. The fourth-order valence-electron chi connectivity index (χ4n) is 3.01. The number of nitrogens with zero attached hydrogens (tertiary/aromatic N) is 1. The van der Waals surface area contributed by atoms with Gasteiger partial charge in [0.15, 0.2) is 0 Å². The summed E-state index contributed by atoms with van der Waals surface area (Å²) in [6.07, 6.45) is 0. The Bertz CT molecular complexity index is 1350. The maximum Gasteiger partial charge on any atom is 0.206 e. The van der Waals surface area contributed by atoms with Gasteiger partial charge in [-0.25, -0.2) is 8.42 Å². The third-order valence-electron chi connectivity index (χ3n) is 4.60. The minimum Gasteiger partial charge on any atom is -0.457 e. The van der Waals surface area contributed by atoms with Gasteiger partial charge in [-0.3, -0.25) is 4.99 Å². The zero-order valence-electron chi connectivity index (χ0n) is 17.0. The van der Waals surface area contributed by atoms with Crippen LogP contribution in [0.4, 0.5) is 11.4 Å². The van der Waals surface area contributed by atoms with E-state index in [4.69, 9.17) is 15.2 Å². The molecular weight excluding hydrogens is 424 g/mol. The molecule has 0 atom stereocenters. The van der Waals surface area contributed by atoms with E-state index >= 15 is 0 Å². The fourth-order valence-corrected chi connectivity index (χ4v) is 4.27. The number of anilines is 1. The van der Waals surface area contributed by atoms with Gasteiger partial charge in [-0.1, -0.05) is 12.1 Å². The molecule has 0 aromatic heterocycles. The summed E-state index contributed by atoms with van der Waals surface area (Å²) in [5.74, 6) is 2.18. The standard InChI is InChI=1S/C25H20N2O4S/c1-27-19-5-3-7-23(17-19)31-21-10-14-25(15-11-21)32(28,29)24-12-8-20(9-13-24)30-22-6-2-4-18(26)16-22/h2-17H,1,26H2. The molecule has 0 saturated carbocycles. The van der Waals surface area contributed by atoms with Crippen LogP contribution in [-0.4, -0.2) is 15.1 Å². The van der Waals surface area contributed by atoms with E-state index in [2.05, 4.69) is 11.7 Å². The first-order chi connectivity index (χ1) is 15.4. The molecule has 2 N–H and O–H groups in total. The van der Waals surface area contributed by atoms with Crippen molar-refractivity contribution < 1.29 is 17.9 Å². The van der Waals surface area contributed by atoms with Gasteiger partial charge in [-0.05, 0) is 79.5 Å². The first kappa shape index (κ1) is 21.1. The van der Waals surface area contributed by atoms with Gasteiger partial charge in [0.1, 0.15) is 23.0 Å². The molecule has 0 spiro atoms. The van der Waals surface area contributed by atoms with E-state index in [9.17, 15) is 8.42 Å². The average molecular weight is 445 g/mol. The molecule has 0 radical (unpaired) electrons. The lowest BCUT2D eigenvalue weighted by atomic mass is 10.3. The Morgan fingerprint density at radius 1 is 0.656 bits per heavy atom. The van der Waals surface area contributed by atoms with Crippen LogP contribution in [-0.2, 0) is 9.84 Å². The van der Waals surface area contributed by atoms with E-state index in [0.29, 0.717) is 34.4 Å². The van der Waals surface area contributed by atoms with Crippen LogP contribution in [0.2, 0.25) is 0 Å². The van der Waals surface area contributed by atoms with Crippen molar-refractivity contribution in [2.75, 3.05) is 5.73 Å². The van der Waals surface area contributed by atoms with Crippen LogP contribution < -0.4 is 15.2 Å². The summed E-state index contributed by atoms with van der Waals surface area (Å²) in [4.78, 5) is 4.19. The highest BCUT2D eigenvalue weighted by atomic mass is 32.2. The van der Waals surface area contributed by atoms with Gasteiger partial charge >= 0.3 is 0 Å². The lowest BCUT2D eigenvalue weighted by molar-refractivity contribution is 0.482. The second-order valence-electron chi connectivity index (χ2n) is 6.88. The van der Waals surface area contributed by atoms with E-state index in [1.807, 2.05) is 0 Å². The molecule has 6 nitrogen and oxygen atoms in total. The molecule has 0 aliphatic rings. The van der Waals surface area contributed by atoms with Crippen LogP contribution in [0.1, 0.15) is 0 Å². The van der Waals surface area contributed by atoms with Gasteiger partial charge in [0, 0.05) is 17.8 Å². The predicted octanol–water partition coefficient (Wildman–Crippen LogP) is 6.02. The van der Waals surface area contributed by atoms with Crippen molar-refractivity contribution >= 4 is 27.9 Å². The molecule has 0 aliphatic heterocycles. The monoisotopic (exact) mass is 444 g/mol. The molecule has 4 aromatic carbocycles. The van der Waals surface area contributed by atoms with Crippen molar-refractivity contribution in [1.82, 2.24) is 0 Å². The van der Waals surface area contributed by atoms with Crippen molar-refractivity contribution in [2.24, 2.45) is 4.99 Å². The van der Waals surface area contributed by atoms with Crippen LogP contribution >= 0.6 is 0 Å². The minimum atomic E-state index is -3.69. The number of nitrogens with two attached hydrogens (primary N) is 1. The Labute approximate surface area is 186 Å². The summed E-state index contributed by atoms with van der Waals surface area (Å²) in [5.41, 5.74) is 7.02. The number of ether oxygens (including phenoxy) is 2. The van der Waals surface area contributed by atoms with Crippen LogP contribution in [0, 0.1) is 0 Å². The van der Waals surface area contributed by atoms with E-state index in [1.54, 1.807) is 72.8 Å². The number of nitrogen functional groups attached to an aromatic ring is 1. The van der Waals surface area contributed by atoms with E-state index in [1.165, 1.54) is 24.3 Å². The lowest BCUT2D eigenvalue weighted by Crippen LogP contribution is -2.01.